The van der Waals surface area contributed by atoms with E-state index in [0.717, 1.165) is 6.54 Å². The molecule has 0 bridgehead atoms. The molecule has 0 aromatic heterocycles. The van der Waals surface area contributed by atoms with Crippen molar-refractivity contribution in [2.24, 2.45) is 0 Å². The minimum atomic E-state index is 0.965. The normalized spacial score (nSPS) is 21.3. The fourth-order valence-electron chi connectivity index (χ4n) is 1.51. The molecule has 1 nitrogen and oxygen atoms in total. The summed E-state index contributed by atoms with van der Waals surface area (Å²) in [6.45, 7) is 0.965. The van der Waals surface area contributed by atoms with Crippen molar-refractivity contribution in [3.63, 3.8) is 0 Å². The van der Waals surface area contributed by atoms with E-state index < -0.39 is 0 Å². The second-order valence-corrected chi connectivity index (χ2v) is 3.05. The molecule has 1 heterocycles. The van der Waals surface area contributed by atoms with Crippen LogP contribution < -0.4 is 5.32 Å². The fraction of sp³-hybridized carbons (Fsp3) is 0.273. The topological polar surface area (TPSA) is 12.0 Å². The Morgan fingerprint density at radius 1 is 1.08 bits per heavy atom. The lowest BCUT2D eigenvalue weighted by Crippen LogP contribution is -2.17. The highest BCUT2D eigenvalue weighted by molar-refractivity contribution is 5.38. The van der Waals surface area contributed by atoms with Crippen LogP contribution in [0.3, 0.4) is 0 Å². The fourth-order valence-corrected chi connectivity index (χ4v) is 1.51. The van der Waals surface area contributed by atoms with Crippen molar-refractivity contribution in [3.8, 4) is 0 Å². The van der Waals surface area contributed by atoms with Crippen molar-refractivity contribution in [2.45, 2.75) is 12.8 Å². The van der Waals surface area contributed by atoms with Crippen molar-refractivity contribution in [3.05, 3.63) is 47.7 Å². The van der Waals surface area contributed by atoms with Crippen molar-refractivity contribution in [1.82, 2.24) is 5.32 Å². The van der Waals surface area contributed by atoms with Crippen molar-refractivity contribution in [2.75, 3.05) is 6.54 Å². The molecule has 0 spiro atoms. The molecule has 0 radical (unpaired) electrons. The van der Waals surface area contributed by atoms with Gasteiger partial charge in [-0.3, -0.25) is 0 Å². The largest absolute Gasteiger partial charge is 0.381 e. The predicted molar refractivity (Wildman–Crippen MR) is 51.7 cm³/mol. The Labute approximate surface area is 73.2 Å². The first-order valence-electron chi connectivity index (χ1n) is 4.43. The lowest BCUT2D eigenvalue weighted by Gasteiger charge is -2.16. The third kappa shape index (κ3) is 1.50. The minimum Gasteiger partial charge on any atom is -0.381 e. The summed E-state index contributed by atoms with van der Waals surface area (Å²) >= 11 is 0. The summed E-state index contributed by atoms with van der Waals surface area (Å²) in [7, 11) is 0. The molecule has 0 aromatic rings. The number of rotatable bonds is 1. The van der Waals surface area contributed by atoms with E-state index in [2.05, 4.69) is 41.8 Å². The average Bonchev–Trinajstić information content (AvgIpc) is 2.21. The number of nitrogens with one attached hydrogen (secondary N) is 1. The molecule has 0 atom stereocenters. The lowest BCUT2D eigenvalue weighted by atomic mass is 10.0. The van der Waals surface area contributed by atoms with Crippen LogP contribution in [0.4, 0.5) is 0 Å². The maximum Gasteiger partial charge on any atom is 0.0375 e. The van der Waals surface area contributed by atoms with E-state index in [0.29, 0.717) is 0 Å². The SMILES string of the molecule is C1=CCCC(C2=CC=CCN2)=C1. The van der Waals surface area contributed by atoms with Crippen molar-refractivity contribution >= 4 is 0 Å². The summed E-state index contributed by atoms with van der Waals surface area (Å²) in [4.78, 5) is 0. The van der Waals surface area contributed by atoms with Crippen molar-refractivity contribution in [1.29, 1.82) is 0 Å². The maximum atomic E-state index is 3.36. The zero-order valence-electron chi connectivity index (χ0n) is 7.09. The number of hydrogen-bond acceptors (Lipinski definition) is 1. The van der Waals surface area contributed by atoms with E-state index in [-0.39, 0.29) is 0 Å². The quantitative estimate of drug-likeness (QED) is 0.619. The van der Waals surface area contributed by atoms with Crippen LogP contribution in [0.5, 0.6) is 0 Å². The molecule has 0 amide bonds. The van der Waals surface area contributed by atoms with E-state index in [9.17, 15) is 0 Å². The van der Waals surface area contributed by atoms with Gasteiger partial charge in [0.2, 0.25) is 0 Å². The first-order valence-corrected chi connectivity index (χ1v) is 4.43. The molecule has 2 aliphatic rings. The molecular weight excluding hydrogens is 146 g/mol. The molecule has 0 aromatic carbocycles. The molecule has 62 valence electrons. The third-order valence-electron chi connectivity index (χ3n) is 2.17. The first-order chi connectivity index (χ1) is 5.97. The van der Waals surface area contributed by atoms with E-state index in [1.807, 2.05) is 0 Å². The van der Waals surface area contributed by atoms with Crippen LogP contribution in [0, 0.1) is 0 Å². The minimum absolute atomic E-state index is 0.965. The lowest BCUT2D eigenvalue weighted by molar-refractivity contribution is 0.852. The first kappa shape index (κ1) is 7.41. The van der Waals surface area contributed by atoms with Crippen LogP contribution in [0.1, 0.15) is 12.8 Å². The van der Waals surface area contributed by atoms with Gasteiger partial charge in [0.1, 0.15) is 0 Å². The third-order valence-corrected chi connectivity index (χ3v) is 2.17. The smallest absolute Gasteiger partial charge is 0.0375 e. The number of dihydropyridines is 1. The molecule has 1 heteroatoms. The van der Waals surface area contributed by atoms with Gasteiger partial charge in [0.25, 0.3) is 0 Å². The summed E-state index contributed by atoms with van der Waals surface area (Å²) in [5, 5.41) is 3.36. The van der Waals surface area contributed by atoms with Gasteiger partial charge in [-0.05, 0) is 24.5 Å². The van der Waals surface area contributed by atoms with E-state index in [1.54, 1.807) is 0 Å². The van der Waals surface area contributed by atoms with Crippen LogP contribution >= 0.6 is 0 Å². The molecule has 1 N–H and O–H groups in total. The summed E-state index contributed by atoms with van der Waals surface area (Å²) in [5.41, 5.74) is 2.73. The Morgan fingerprint density at radius 3 is 2.67 bits per heavy atom. The van der Waals surface area contributed by atoms with E-state index in [4.69, 9.17) is 0 Å². The monoisotopic (exact) mass is 159 g/mol. The van der Waals surface area contributed by atoms with Gasteiger partial charge in [0, 0.05) is 12.2 Å². The summed E-state index contributed by atoms with van der Waals surface area (Å²) in [6, 6.07) is 0. The van der Waals surface area contributed by atoms with Gasteiger partial charge in [-0.15, -0.1) is 0 Å². The van der Waals surface area contributed by atoms with Crippen LogP contribution in [-0.2, 0) is 0 Å². The molecule has 0 unspecified atom stereocenters. The van der Waals surface area contributed by atoms with Gasteiger partial charge in [0.05, 0.1) is 0 Å². The Balaban J connectivity index is 2.17. The Bertz CT molecular complexity index is 249. The van der Waals surface area contributed by atoms with Gasteiger partial charge in [-0.1, -0.05) is 30.4 Å². The molecule has 0 fully saturated rings. The Kier molecular flexibility index (Phi) is 2.12. The average molecular weight is 159 g/mol. The van der Waals surface area contributed by atoms with Crippen LogP contribution in [-0.4, -0.2) is 6.54 Å². The summed E-state index contributed by atoms with van der Waals surface area (Å²) in [6.07, 6.45) is 15.3. The Hall–Kier alpha value is -1.24. The molecule has 0 saturated carbocycles. The molecule has 0 saturated heterocycles. The number of hydrogen-bond donors (Lipinski definition) is 1. The van der Waals surface area contributed by atoms with Crippen LogP contribution in [0.25, 0.3) is 0 Å². The second-order valence-electron chi connectivity index (χ2n) is 3.05. The Morgan fingerprint density at radius 2 is 2.00 bits per heavy atom. The van der Waals surface area contributed by atoms with Crippen LogP contribution in [0.2, 0.25) is 0 Å². The highest BCUT2D eigenvalue weighted by atomic mass is 14.9. The van der Waals surface area contributed by atoms with E-state index >= 15 is 0 Å². The number of allylic oxidation sites excluding steroid dienone is 6. The van der Waals surface area contributed by atoms with Crippen molar-refractivity contribution < 1.29 is 0 Å². The van der Waals surface area contributed by atoms with Gasteiger partial charge in [-0.25, -0.2) is 0 Å². The molecule has 2 rings (SSSR count). The van der Waals surface area contributed by atoms with Gasteiger partial charge < -0.3 is 5.32 Å². The molecular formula is C11H13N. The highest BCUT2D eigenvalue weighted by Gasteiger charge is 2.05. The summed E-state index contributed by atoms with van der Waals surface area (Å²) in [5.74, 6) is 0. The van der Waals surface area contributed by atoms with E-state index in [1.165, 1.54) is 24.1 Å². The predicted octanol–water partition coefficient (Wildman–Crippen LogP) is 2.31. The molecule has 12 heavy (non-hydrogen) atoms. The second kappa shape index (κ2) is 3.44. The highest BCUT2D eigenvalue weighted by Crippen LogP contribution is 2.19. The van der Waals surface area contributed by atoms with Gasteiger partial charge in [-0.2, -0.15) is 0 Å². The molecule has 1 aliphatic carbocycles. The zero-order valence-corrected chi connectivity index (χ0v) is 7.09. The zero-order chi connectivity index (χ0) is 8.23. The van der Waals surface area contributed by atoms with Crippen LogP contribution in [0.15, 0.2) is 47.7 Å². The molecule has 1 aliphatic heterocycles. The standard InChI is InChI=1S/C11H13N/c1-2-6-10(7-3-1)11-8-4-5-9-12-11/h1-2,4-6,8,12H,3,7,9H2. The van der Waals surface area contributed by atoms with Gasteiger partial charge >= 0.3 is 0 Å². The maximum absolute atomic E-state index is 3.36. The van der Waals surface area contributed by atoms with Gasteiger partial charge in [0.15, 0.2) is 0 Å². The summed E-state index contributed by atoms with van der Waals surface area (Å²) < 4.78 is 0.